The summed E-state index contributed by atoms with van der Waals surface area (Å²) >= 11 is 0. The molecule has 1 heterocycles. The molecule has 1 aliphatic heterocycles. The molecule has 0 amide bonds. The van der Waals surface area contributed by atoms with E-state index in [-0.39, 0.29) is 17.3 Å². The van der Waals surface area contributed by atoms with Crippen LogP contribution in [0.25, 0.3) is 0 Å². The van der Waals surface area contributed by atoms with Gasteiger partial charge >= 0.3 is 0 Å². The largest absolute Gasteiger partial charge is 0.317 e. The number of hydrogen-bond donors (Lipinski definition) is 2. The first-order valence-electron chi connectivity index (χ1n) is 5.92. The Labute approximate surface area is 119 Å². The fourth-order valence-corrected chi connectivity index (χ4v) is 3.59. The maximum Gasteiger partial charge on any atom is 0.241 e. The van der Waals surface area contributed by atoms with Crippen LogP contribution in [0.5, 0.6) is 0 Å². The van der Waals surface area contributed by atoms with Gasteiger partial charge in [-0.2, -0.15) is 0 Å². The van der Waals surface area contributed by atoms with E-state index in [4.69, 9.17) is 0 Å². The Hall–Kier alpha value is -0.690. The van der Waals surface area contributed by atoms with E-state index >= 15 is 0 Å². The van der Waals surface area contributed by atoms with Gasteiger partial charge in [0.25, 0.3) is 0 Å². The number of sulfonamides is 1. The number of hydrogen-bond acceptors (Lipinski definition) is 3. The summed E-state index contributed by atoms with van der Waals surface area (Å²) in [5.74, 6) is -0.548. The molecule has 1 fully saturated rings. The molecule has 0 spiro atoms. The zero-order chi connectivity index (χ0) is 13.2. The molecule has 0 radical (unpaired) electrons. The van der Waals surface area contributed by atoms with Gasteiger partial charge in [-0.15, -0.1) is 12.4 Å². The van der Waals surface area contributed by atoms with Crippen LogP contribution in [0.15, 0.2) is 29.2 Å². The van der Waals surface area contributed by atoms with Crippen LogP contribution < -0.4 is 10.0 Å². The van der Waals surface area contributed by atoms with Crippen LogP contribution in [0.4, 0.5) is 4.39 Å². The summed E-state index contributed by atoms with van der Waals surface area (Å²) in [6.07, 6.45) is 1.45. The average molecular weight is 309 g/mol. The lowest BCUT2D eigenvalue weighted by Gasteiger charge is -2.34. The first-order chi connectivity index (χ1) is 8.41. The SMILES string of the molecule is CC1(NS(=O)(=O)c2cccc(F)c2)CCNCC1.Cl. The van der Waals surface area contributed by atoms with Gasteiger partial charge in [-0.3, -0.25) is 0 Å². The third-order valence-corrected chi connectivity index (χ3v) is 4.83. The standard InChI is InChI=1S/C12H17FN2O2S.ClH/c1-12(5-7-14-8-6-12)15-18(16,17)11-4-2-3-10(13)9-11;/h2-4,9,14-15H,5-8H2,1H3;1H. The number of benzene rings is 1. The summed E-state index contributed by atoms with van der Waals surface area (Å²) in [6, 6.07) is 5.06. The van der Waals surface area contributed by atoms with Gasteiger partial charge < -0.3 is 5.32 Å². The fourth-order valence-electron chi connectivity index (χ4n) is 2.10. The highest BCUT2D eigenvalue weighted by atomic mass is 35.5. The van der Waals surface area contributed by atoms with Gasteiger partial charge in [-0.05, 0) is 51.1 Å². The number of halogens is 2. The first-order valence-corrected chi connectivity index (χ1v) is 7.40. The third-order valence-electron chi connectivity index (χ3n) is 3.19. The molecule has 0 atom stereocenters. The molecule has 0 unspecified atom stereocenters. The topological polar surface area (TPSA) is 58.2 Å². The molecule has 2 N–H and O–H groups in total. The van der Waals surface area contributed by atoms with Crippen molar-refractivity contribution in [1.29, 1.82) is 0 Å². The smallest absolute Gasteiger partial charge is 0.241 e. The van der Waals surface area contributed by atoms with Gasteiger partial charge in [0.05, 0.1) is 4.90 Å². The van der Waals surface area contributed by atoms with Crippen molar-refractivity contribution in [1.82, 2.24) is 10.0 Å². The zero-order valence-electron chi connectivity index (χ0n) is 10.6. The second-order valence-electron chi connectivity index (χ2n) is 4.87. The number of rotatable bonds is 3. The van der Waals surface area contributed by atoms with Gasteiger partial charge in [0.2, 0.25) is 10.0 Å². The Morgan fingerprint density at radius 2 is 1.95 bits per heavy atom. The van der Waals surface area contributed by atoms with Crippen molar-refractivity contribution in [3.8, 4) is 0 Å². The van der Waals surface area contributed by atoms with Crippen LogP contribution in [-0.4, -0.2) is 27.0 Å². The van der Waals surface area contributed by atoms with Crippen LogP contribution >= 0.6 is 12.4 Å². The van der Waals surface area contributed by atoms with Gasteiger partial charge in [0.1, 0.15) is 5.82 Å². The van der Waals surface area contributed by atoms with Crippen molar-refractivity contribution < 1.29 is 12.8 Å². The summed E-state index contributed by atoms with van der Waals surface area (Å²) in [4.78, 5) is -0.0257. The Bertz CT molecular complexity index is 530. The minimum absolute atomic E-state index is 0. The molecule has 1 saturated heterocycles. The molecule has 0 aliphatic carbocycles. The van der Waals surface area contributed by atoms with Crippen molar-refractivity contribution in [2.75, 3.05) is 13.1 Å². The third kappa shape index (κ3) is 4.14. The molecule has 4 nitrogen and oxygen atoms in total. The normalized spacial score (nSPS) is 18.6. The van der Waals surface area contributed by atoms with Crippen LogP contribution in [0.2, 0.25) is 0 Å². The zero-order valence-corrected chi connectivity index (χ0v) is 12.3. The first kappa shape index (κ1) is 16.4. The summed E-state index contributed by atoms with van der Waals surface area (Å²) < 4.78 is 40.1. The Kier molecular flexibility index (Phi) is 5.32. The van der Waals surface area contributed by atoms with E-state index in [1.165, 1.54) is 18.2 Å². The second kappa shape index (κ2) is 6.17. The van der Waals surface area contributed by atoms with E-state index < -0.39 is 21.4 Å². The molecule has 108 valence electrons. The van der Waals surface area contributed by atoms with Crippen molar-refractivity contribution in [2.45, 2.75) is 30.2 Å². The monoisotopic (exact) mass is 308 g/mol. The van der Waals surface area contributed by atoms with Gasteiger partial charge in [-0.25, -0.2) is 17.5 Å². The molecular weight excluding hydrogens is 291 g/mol. The Morgan fingerprint density at radius 1 is 1.32 bits per heavy atom. The number of piperidine rings is 1. The average Bonchev–Trinajstić information content (AvgIpc) is 2.28. The second-order valence-corrected chi connectivity index (χ2v) is 6.56. The van der Waals surface area contributed by atoms with Crippen LogP contribution in [-0.2, 0) is 10.0 Å². The molecule has 0 aromatic heterocycles. The highest BCUT2D eigenvalue weighted by molar-refractivity contribution is 7.89. The van der Waals surface area contributed by atoms with E-state index in [1.54, 1.807) is 0 Å². The molecule has 19 heavy (non-hydrogen) atoms. The van der Waals surface area contributed by atoms with Crippen molar-refractivity contribution in [3.05, 3.63) is 30.1 Å². The van der Waals surface area contributed by atoms with Crippen molar-refractivity contribution in [2.24, 2.45) is 0 Å². The van der Waals surface area contributed by atoms with Crippen LogP contribution in [0, 0.1) is 5.82 Å². The van der Waals surface area contributed by atoms with E-state index in [1.807, 2.05) is 6.92 Å². The van der Waals surface area contributed by atoms with Gasteiger partial charge in [0, 0.05) is 5.54 Å². The maximum absolute atomic E-state index is 13.1. The molecule has 7 heteroatoms. The summed E-state index contributed by atoms with van der Waals surface area (Å²) in [6.45, 7) is 3.44. The molecule has 1 aliphatic rings. The van der Waals surface area contributed by atoms with Crippen LogP contribution in [0.3, 0.4) is 0 Å². The highest BCUT2D eigenvalue weighted by Crippen LogP contribution is 2.21. The lowest BCUT2D eigenvalue weighted by atomic mass is 9.92. The minimum Gasteiger partial charge on any atom is -0.317 e. The van der Waals surface area contributed by atoms with E-state index in [9.17, 15) is 12.8 Å². The van der Waals surface area contributed by atoms with Crippen molar-refractivity contribution >= 4 is 22.4 Å². The maximum atomic E-state index is 13.1. The molecular formula is C12H18ClFN2O2S. The predicted molar refractivity (Wildman–Crippen MR) is 74.5 cm³/mol. The van der Waals surface area contributed by atoms with E-state index in [2.05, 4.69) is 10.0 Å². The predicted octanol–water partition coefficient (Wildman–Crippen LogP) is 1.67. The molecule has 2 rings (SSSR count). The quantitative estimate of drug-likeness (QED) is 0.893. The molecule has 1 aromatic rings. The highest BCUT2D eigenvalue weighted by Gasteiger charge is 2.32. The fraction of sp³-hybridized carbons (Fsp3) is 0.500. The Balaban J connectivity index is 0.00000180. The van der Waals surface area contributed by atoms with Gasteiger partial charge in [0.15, 0.2) is 0 Å². The minimum atomic E-state index is -3.66. The number of nitrogens with one attached hydrogen (secondary N) is 2. The van der Waals surface area contributed by atoms with Gasteiger partial charge in [-0.1, -0.05) is 6.07 Å². The summed E-state index contributed by atoms with van der Waals surface area (Å²) in [7, 11) is -3.66. The van der Waals surface area contributed by atoms with Crippen LogP contribution in [0.1, 0.15) is 19.8 Å². The van der Waals surface area contributed by atoms with Crippen molar-refractivity contribution in [3.63, 3.8) is 0 Å². The summed E-state index contributed by atoms with van der Waals surface area (Å²) in [5.41, 5.74) is -0.462. The van der Waals surface area contributed by atoms with E-state index in [0.29, 0.717) is 0 Å². The molecule has 0 saturated carbocycles. The Morgan fingerprint density at radius 3 is 2.53 bits per heavy atom. The lowest BCUT2D eigenvalue weighted by molar-refractivity contribution is 0.308. The van der Waals surface area contributed by atoms with E-state index in [0.717, 1.165) is 32.0 Å². The lowest BCUT2D eigenvalue weighted by Crippen LogP contribution is -2.52. The molecule has 0 bridgehead atoms. The summed E-state index contributed by atoms with van der Waals surface area (Å²) in [5, 5.41) is 3.18. The molecule has 1 aromatic carbocycles.